The largest absolute Gasteiger partial charge is 0.465 e. The highest BCUT2D eigenvalue weighted by molar-refractivity contribution is 6.32. The van der Waals surface area contributed by atoms with Gasteiger partial charge in [-0.05, 0) is 61.5 Å². The fourth-order valence-electron chi connectivity index (χ4n) is 4.03. The zero-order valence-corrected chi connectivity index (χ0v) is 20.1. The Labute approximate surface area is 204 Å². The summed E-state index contributed by atoms with van der Waals surface area (Å²) in [5, 5.41) is 6.90. The van der Waals surface area contributed by atoms with E-state index in [4.69, 9.17) is 16.3 Å². The van der Waals surface area contributed by atoms with E-state index in [1.54, 1.807) is 18.2 Å². The van der Waals surface area contributed by atoms with E-state index in [2.05, 4.69) is 34.7 Å². The number of halogens is 1. The van der Waals surface area contributed by atoms with Crippen LogP contribution in [0.4, 0.5) is 11.4 Å². The molecular weight excluding hydrogens is 450 g/mol. The van der Waals surface area contributed by atoms with E-state index in [0.29, 0.717) is 16.8 Å². The van der Waals surface area contributed by atoms with Gasteiger partial charge in [0.1, 0.15) is 0 Å². The Kier molecular flexibility index (Phi) is 7.01. The molecule has 1 aliphatic rings. The van der Waals surface area contributed by atoms with Crippen LogP contribution in [0.3, 0.4) is 0 Å². The van der Waals surface area contributed by atoms with Crippen LogP contribution in [-0.4, -0.2) is 30.9 Å². The summed E-state index contributed by atoms with van der Waals surface area (Å²) in [6, 6.07) is 21.1. The summed E-state index contributed by atoms with van der Waals surface area (Å²) in [5.74, 6) is -0.648. The molecule has 1 amide bonds. The van der Waals surface area contributed by atoms with Crippen LogP contribution >= 0.6 is 11.6 Å². The number of nitrogens with one attached hydrogen (secondary N) is 2. The second-order valence-corrected chi connectivity index (χ2v) is 8.76. The Hall–Kier alpha value is -3.61. The number of fused-ring (bicyclic) bond motifs is 1. The molecule has 0 spiro atoms. The molecule has 34 heavy (non-hydrogen) atoms. The van der Waals surface area contributed by atoms with Crippen LogP contribution in [0.1, 0.15) is 34.0 Å². The Balaban J connectivity index is 1.43. The molecule has 0 atom stereocenters. The fourth-order valence-corrected chi connectivity index (χ4v) is 4.16. The van der Waals surface area contributed by atoms with Gasteiger partial charge in [-0.3, -0.25) is 9.69 Å². The number of benzene rings is 3. The SMILES string of the molecule is COC(=O)c1ccc2c(c1)NC(=O)C2=C(C)Nc1ccc(CN(C)Cc2ccc(Cl)cc2)cc1. The number of esters is 1. The predicted octanol–water partition coefficient (Wildman–Crippen LogP) is 5.55. The van der Waals surface area contributed by atoms with E-state index in [1.807, 2.05) is 43.3 Å². The monoisotopic (exact) mass is 475 g/mol. The van der Waals surface area contributed by atoms with E-state index in [1.165, 1.54) is 18.2 Å². The number of amides is 1. The van der Waals surface area contributed by atoms with Crippen molar-refractivity contribution in [1.82, 2.24) is 4.90 Å². The molecule has 0 saturated heterocycles. The molecule has 4 rings (SSSR count). The molecule has 6 nitrogen and oxygen atoms in total. The van der Waals surface area contributed by atoms with Crippen molar-refractivity contribution >= 4 is 40.4 Å². The van der Waals surface area contributed by atoms with E-state index >= 15 is 0 Å². The highest BCUT2D eigenvalue weighted by Crippen LogP contribution is 2.35. The fraction of sp³-hybridized carbons (Fsp3) is 0.185. The Morgan fingerprint density at radius 1 is 1.00 bits per heavy atom. The number of anilines is 2. The van der Waals surface area contributed by atoms with E-state index in [9.17, 15) is 9.59 Å². The summed E-state index contributed by atoms with van der Waals surface area (Å²) in [6.07, 6.45) is 0. The normalized spacial score (nSPS) is 14.0. The van der Waals surface area contributed by atoms with Crippen LogP contribution in [0, 0.1) is 0 Å². The lowest BCUT2D eigenvalue weighted by Crippen LogP contribution is -2.17. The predicted molar refractivity (Wildman–Crippen MR) is 136 cm³/mol. The quantitative estimate of drug-likeness (QED) is 0.346. The minimum atomic E-state index is -0.441. The minimum absolute atomic E-state index is 0.206. The van der Waals surface area contributed by atoms with E-state index in [0.717, 1.165) is 35.1 Å². The standard InChI is InChI=1S/C27H26ClN3O3/c1-17(25-23-13-8-20(27(33)34-3)14-24(23)30-26(25)32)29-22-11-6-19(7-12-22)16-31(2)15-18-4-9-21(28)10-5-18/h4-14,29H,15-16H2,1-3H3,(H,30,32). The summed E-state index contributed by atoms with van der Waals surface area (Å²) in [6.45, 7) is 3.50. The first-order valence-electron chi connectivity index (χ1n) is 10.9. The molecule has 0 aromatic heterocycles. The molecule has 0 fully saturated rings. The van der Waals surface area contributed by atoms with Crippen LogP contribution in [0.25, 0.3) is 5.57 Å². The lowest BCUT2D eigenvalue weighted by Gasteiger charge is -2.17. The molecule has 0 saturated carbocycles. The molecule has 0 bridgehead atoms. The van der Waals surface area contributed by atoms with Crippen molar-refractivity contribution in [3.8, 4) is 0 Å². The first-order chi connectivity index (χ1) is 16.3. The smallest absolute Gasteiger partial charge is 0.337 e. The van der Waals surface area contributed by atoms with E-state index in [-0.39, 0.29) is 5.91 Å². The van der Waals surface area contributed by atoms with Crippen molar-refractivity contribution in [3.05, 3.63) is 99.7 Å². The second kappa shape index (κ2) is 10.1. The average molecular weight is 476 g/mol. The Morgan fingerprint density at radius 3 is 2.24 bits per heavy atom. The lowest BCUT2D eigenvalue weighted by molar-refractivity contribution is -0.110. The Morgan fingerprint density at radius 2 is 1.62 bits per heavy atom. The number of carbonyl (C=O) groups is 2. The topological polar surface area (TPSA) is 70.7 Å². The molecule has 0 unspecified atom stereocenters. The average Bonchev–Trinajstić information content (AvgIpc) is 3.16. The summed E-state index contributed by atoms with van der Waals surface area (Å²) >= 11 is 5.96. The molecule has 2 N–H and O–H groups in total. The minimum Gasteiger partial charge on any atom is -0.465 e. The zero-order chi connectivity index (χ0) is 24.2. The molecule has 1 aliphatic heterocycles. The maximum absolute atomic E-state index is 12.6. The number of hydrogen-bond donors (Lipinski definition) is 2. The number of carbonyl (C=O) groups excluding carboxylic acids is 2. The van der Waals surface area contributed by atoms with Gasteiger partial charge in [-0.15, -0.1) is 0 Å². The third kappa shape index (κ3) is 5.30. The second-order valence-electron chi connectivity index (χ2n) is 8.33. The van der Waals surface area contributed by atoms with Crippen LogP contribution in [0.5, 0.6) is 0 Å². The molecule has 0 radical (unpaired) electrons. The first-order valence-corrected chi connectivity index (χ1v) is 11.3. The molecule has 1 heterocycles. The molecule has 3 aromatic carbocycles. The van der Waals surface area contributed by atoms with Crippen molar-refractivity contribution < 1.29 is 14.3 Å². The van der Waals surface area contributed by atoms with Crippen molar-refractivity contribution in [2.75, 3.05) is 24.8 Å². The van der Waals surface area contributed by atoms with Gasteiger partial charge in [-0.25, -0.2) is 4.79 Å². The molecule has 7 heteroatoms. The highest BCUT2D eigenvalue weighted by atomic mass is 35.5. The van der Waals surface area contributed by atoms with Gasteiger partial charge in [0.2, 0.25) is 0 Å². The zero-order valence-electron chi connectivity index (χ0n) is 19.3. The van der Waals surface area contributed by atoms with Gasteiger partial charge in [-0.1, -0.05) is 41.9 Å². The molecular formula is C27H26ClN3O3. The molecule has 174 valence electrons. The summed E-state index contributed by atoms with van der Waals surface area (Å²) in [4.78, 5) is 26.6. The molecule has 0 aliphatic carbocycles. The number of methoxy groups -OCH3 is 1. The van der Waals surface area contributed by atoms with Gasteiger partial charge >= 0.3 is 5.97 Å². The van der Waals surface area contributed by atoms with Crippen LogP contribution in [0.15, 0.2) is 72.4 Å². The van der Waals surface area contributed by atoms with Gasteiger partial charge in [0, 0.05) is 35.1 Å². The molecule has 3 aromatic rings. The number of nitrogens with zero attached hydrogens (tertiary/aromatic N) is 1. The Bertz CT molecular complexity index is 1250. The van der Waals surface area contributed by atoms with E-state index < -0.39 is 5.97 Å². The maximum Gasteiger partial charge on any atom is 0.337 e. The van der Waals surface area contributed by atoms with Crippen LogP contribution in [0.2, 0.25) is 5.02 Å². The van der Waals surface area contributed by atoms with Gasteiger partial charge in [-0.2, -0.15) is 0 Å². The van der Waals surface area contributed by atoms with Crippen molar-refractivity contribution in [2.24, 2.45) is 0 Å². The van der Waals surface area contributed by atoms with Crippen molar-refractivity contribution in [3.63, 3.8) is 0 Å². The number of hydrogen-bond acceptors (Lipinski definition) is 5. The number of ether oxygens (including phenoxy) is 1. The van der Waals surface area contributed by atoms with Crippen molar-refractivity contribution in [1.29, 1.82) is 0 Å². The third-order valence-electron chi connectivity index (χ3n) is 5.66. The number of rotatable bonds is 7. The number of allylic oxidation sites excluding steroid dienone is 1. The van der Waals surface area contributed by atoms with Crippen LogP contribution in [-0.2, 0) is 22.6 Å². The van der Waals surface area contributed by atoms with Gasteiger partial charge in [0.25, 0.3) is 5.91 Å². The van der Waals surface area contributed by atoms with Crippen LogP contribution < -0.4 is 10.6 Å². The summed E-state index contributed by atoms with van der Waals surface area (Å²) < 4.78 is 4.76. The van der Waals surface area contributed by atoms with Gasteiger partial charge in [0.05, 0.1) is 23.9 Å². The van der Waals surface area contributed by atoms with Gasteiger partial charge in [0.15, 0.2) is 0 Å². The van der Waals surface area contributed by atoms with Gasteiger partial charge < -0.3 is 15.4 Å². The lowest BCUT2D eigenvalue weighted by atomic mass is 10.0. The van der Waals surface area contributed by atoms with Crippen molar-refractivity contribution in [2.45, 2.75) is 20.0 Å². The highest BCUT2D eigenvalue weighted by Gasteiger charge is 2.27. The summed E-state index contributed by atoms with van der Waals surface area (Å²) in [5.41, 5.74) is 6.32. The third-order valence-corrected chi connectivity index (χ3v) is 5.92. The summed E-state index contributed by atoms with van der Waals surface area (Å²) in [7, 11) is 3.41. The first kappa shape index (κ1) is 23.5. The maximum atomic E-state index is 12.6.